The second kappa shape index (κ2) is 8.96. The molecular weight excluding hydrogens is 472 g/mol. The lowest BCUT2D eigenvalue weighted by atomic mass is 10.1. The van der Waals surface area contributed by atoms with E-state index in [0.717, 1.165) is 20.8 Å². The fraction of sp³-hybridized carbons (Fsp3) is 0.150. The van der Waals surface area contributed by atoms with E-state index in [2.05, 4.69) is 25.9 Å². The molecule has 0 spiro atoms. The van der Waals surface area contributed by atoms with Crippen LogP contribution in [0.2, 0.25) is 0 Å². The van der Waals surface area contributed by atoms with Crippen LogP contribution in [0.1, 0.15) is 18.1 Å². The highest BCUT2D eigenvalue weighted by Crippen LogP contribution is 2.31. The molecule has 2 aromatic carbocycles. The van der Waals surface area contributed by atoms with E-state index in [4.69, 9.17) is 4.74 Å². The summed E-state index contributed by atoms with van der Waals surface area (Å²) in [5.74, 6) is -0.480. The van der Waals surface area contributed by atoms with Gasteiger partial charge in [-0.05, 0) is 36.2 Å². The van der Waals surface area contributed by atoms with Gasteiger partial charge in [0, 0.05) is 16.8 Å². The third-order valence-electron chi connectivity index (χ3n) is 4.49. The Kier molecular flexibility index (Phi) is 6.35. The Morgan fingerprint density at radius 2 is 2.03 bits per heavy atom. The zero-order chi connectivity index (χ0) is 22.7. The number of nitrogens with one attached hydrogen (secondary N) is 1. The Bertz CT molecular complexity index is 1310. The first-order chi connectivity index (χ1) is 14.8. The smallest absolute Gasteiger partial charge is 0.335 e. The third kappa shape index (κ3) is 4.40. The second-order valence-electron chi connectivity index (χ2n) is 6.33. The van der Waals surface area contributed by atoms with E-state index in [1.807, 2.05) is 13.0 Å². The number of benzene rings is 2. The molecule has 11 heteroatoms. The number of aromatic nitrogens is 2. The molecule has 1 aromatic heterocycles. The van der Waals surface area contributed by atoms with Gasteiger partial charge in [-0.2, -0.15) is 0 Å². The molecule has 1 heterocycles. The van der Waals surface area contributed by atoms with Crippen LogP contribution >= 0.6 is 15.9 Å². The second-order valence-corrected chi connectivity index (χ2v) is 7.25. The van der Waals surface area contributed by atoms with Gasteiger partial charge in [0.25, 0.3) is 11.2 Å². The fourth-order valence-corrected chi connectivity index (χ4v) is 3.36. The normalized spacial score (nSPS) is 11.1. The molecule has 0 atom stereocenters. The fourth-order valence-electron chi connectivity index (χ4n) is 2.95. The van der Waals surface area contributed by atoms with Crippen molar-refractivity contribution in [1.29, 1.82) is 0 Å². The monoisotopic (exact) mass is 488 g/mol. The topological polar surface area (TPSA) is 140 Å². The van der Waals surface area contributed by atoms with Gasteiger partial charge < -0.3 is 9.84 Å². The maximum atomic E-state index is 12.4. The number of rotatable bonds is 6. The number of aromatic amines is 1. The first-order valence-corrected chi connectivity index (χ1v) is 9.79. The molecule has 2 N–H and O–H groups in total. The minimum absolute atomic E-state index is 0.107. The number of hydrogen-bond donors (Lipinski definition) is 2. The van der Waals surface area contributed by atoms with E-state index in [1.54, 1.807) is 12.1 Å². The maximum absolute atomic E-state index is 12.4. The molecule has 0 bridgehead atoms. The number of halogens is 1. The third-order valence-corrected chi connectivity index (χ3v) is 4.98. The summed E-state index contributed by atoms with van der Waals surface area (Å²) in [4.78, 5) is 41.4. The molecule has 0 aliphatic carbocycles. The first kappa shape index (κ1) is 22.0. The first-order valence-electron chi connectivity index (χ1n) is 9.00. The maximum Gasteiger partial charge on any atom is 0.335 e. The molecule has 0 unspecified atom stereocenters. The number of hydrogen-bond acceptors (Lipinski definition) is 7. The molecule has 0 fully saturated rings. The lowest BCUT2D eigenvalue weighted by Gasteiger charge is -2.13. The highest BCUT2D eigenvalue weighted by atomic mass is 79.9. The van der Waals surface area contributed by atoms with Gasteiger partial charge in [-0.3, -0.25) is 24.9 Å². The molecule has 0 saturated heterocycles. The molecule has 0 radical (unpaired) electrons. The van der Waals surface area contributed by atoms with Crippen LogP contribution in [-0.4, -0.2) is 32.9 Å². The lowest BCUT2D eigenvalue weighted by molar-refractivity contribution is -0.384. The minimum Gasteiger partial charge on any atom is -0.494 e. The van der Waals surface area contributed by atoms with Crippen molar-refractivity contribution in [2.45, 2.75) is 13.3 Å². The van der Waals surface area contributed by atoms with Crippen LogP contribution in [-0.2, 0) is 6.42 Å². The van der Waals surface area contributed by atoms with Crippen molar-refractivity contribution in [3.63, 3.8) is 0 Å². The molecule has 0 aliphatic rings. The molecule has 0 aliphatic heterocycles. The van der Waals surface area contributed by atoms with Crippen molar-refractivity contribution in [3.05, 3.63) is 83.0 Å². The summed E-state index contributed by atoms with van der Waals surface area (Å²) in [6.07, 6.45) is 1.64. The van der Waals surface area contributed by atoms with Crippen LogP contribution in [0.4, 0.5) is 11.4 Å². The Morgan fingerprint density at radius 3 is 2.68 bits per heavy atom. The lowest BCUT2D eigenvalue weighted by Crippen LogP contribution is -2.31. The summed E-state index contributed by atoms with van der Waals surface area (Å²) in [6, 6.07) is 8.92. The summed E-state index contributed by atoms with van der Waals surface area (Å²) in [5.41, 5.74) is -0.714. The zero-order valence-electron chi connectivity index (χ0n) is 16.5. The quantitative estimate of drug-likeness (QED) is 0.310. The molecule has 0 saturated carbocycles. The Hall–Kier alpha value is -3.73. The van der Waals surface area contributed by atoms with Gasteiger partial charge in [-0.25, -0.2) is 9.36 Å². The number of non-ortho nitro benzene ring substituents is 1. The van der Waals surface area contributed by atoms with Gasteiger partial charge in [0.05, 0.1) is 23.8 Å². The average molecular weight is 489 g/mol. The van der Waals surface area contributed by atoms with Crippen molar-refractivity contribution in [1.82, 2.24) is 9.55 Å². The number of H-pyrrole nitrogens is 1. The Labute approximate surface area is 183 Å². The van der Waals surface area contributed by atoms with Crippen LogP contribution in [0, 0.1) is 10.1 Å². The standard InChI is InChI=1S/C20H17BrN4O6/c1-3-11-8-12(21)4-7-16(11)24-19(27)14(18(26)23-20(24)28)10-22-15-6-5-13(25(29)30)9-17(15)31-2/h4-10,27H,3H2,1-2H3,(H,23,26,28). The van der Waals surface area contributed by atoms with Crippen molar-refractivity contribution in [2.75, 3.05) is 7.11 Å². The van der Waals surface area contributed by atoms with Crippen molar-refractivity contribution < 1.29 is 14.8 Å². The van der Waals surface area contributed by atoms with Crippen molar-refractivity contribution in [2.24, 2.45) is 4.99 Å². The zero-order valence-corrected chi connectivity index (χ0v) is 18.0. The molecule has 0 amide bonds. The van der Waals surface area contributed by atoms with Crippen LogP contribution in [0.15, 0.2) is 55.5 Å². The van der Waals surface area contributed by atoms with Crippen LogP contribution in [0.3, 0.4) is 0 Å². The Morgan fingerprint density at radius 1 is 1.29 bits per heavy atom. The van der Waals surface area contributed by atoms with Crippen LogP contribution in [0.25, 0.3) is 5.69 Å². The van der Waals surface area contributed by atoms with E-state index in [-0.39, 0.29) is 22.7 Å². The average Bonchev–Trinajstić information content (AvgIpc) is 2.74. The molecule has 10 nitrogen and oxygen atoms in total. The number of aromatic hydroxyl groups is 1. The largest absolute Gasteiger partial charge is 0.494 e. The van der Waals surface area contributed by atoms with E-state index in [1.165, 1.54) is 25.3 Å². The summed E-state index contributed by atoms with van der Waals surface area (Å²) < 4.78 is 6.90. The number of aryl methyl sites for hydroxylation is 1. The highest BCUT2D eigenvalue weighted by molar-refractivity contribution is 9.10. The minimum atomic E-state index is -0.835. The van der Waals surface area contributed by atoms with Gasteiger partial charge in [-0.1, -0.05) is 22.9 Å². The number of aliphatic imine (C=N–C) groups is 1. The van der Waals surface area contributed by atoms with Gasteiger partial charge in [0.2, 0.25) is 5.88 Å². The number of nitrogens with zero attached hydrogens (tertiary/aromatic N) is 3. The number of ether oxygens (including phenoxy) is 1. The number of nitro benzene ring substituents is 1. The summed E-state index contributed by atoms with van der Waals surface area (Å²) in [6.45, 7) is 1.89. The highest BCUT2D eigenvalue weighted by Gasteiger charge is 2.17. The molecule has 3 rings (SSSR count). The predicted octanol–water partition coefficient (Wildman–Crippen LogP) is 3.22. The van der Waals surface area contributed by atoms with E-state index >= 15 is 0 Å². The summed E-state index contributed by atoms with van der Waals surface area (Å²) in [7, 11) is 1.32. The summed E-state index contributed by atoms with van der Waals surface area (Å²) >= 11 is 3.37. The van der Waals surface area contributed by atoms with Gasteiger partial charge in [0.15, 0.2) is 5.75 Å². The number of methoxy groups -OCH3 is 1. The number of nitro groups is 1. The summed E-state index contributed by atoms with van der Waals surface area (Å²) in [5, 5.41) is 21.7. The van der Waals surface area contributed by atoms with Crippen molar-refractivity contribution in [3.8, 4) is 17.3 Å². The van der Waals surface area contributed by atoms with Crippen molar-refractivity contribution >= 4 is 33.5 Å². The Balaban J connectivity index is 2.15. The predicted molar refractivity (Wildman–Crippen MR) is 118 cm³/mol. The molecular formula is C20H17BrN4O6. The van der Waals surface area contributed by atoms with Gasteiger partial charge in [0.1, 0.15) is 11.3 Å². The van der Waals surface area contributed by atoms with Crippen LogP contribution in [0.5, 0.6) is 11.6 Å². The molecule has 160 valence electrons. The van der Waals surface area contributed by atoms with Crippen LogP contribution < -0.4 is 16.0 Å². The SMILES string of the molecule is CCc1cc(Br)ccc1-n1c(O)c(C=Nc2ccc([N+](=O)[O-])cc2OC)c(=O)[nH]c1=O. The van der Waals surface area contributed by atoms with Gasteiger partial charge in [-0.15, -0.1) is 0 Å². The van der Waals surface area contributed by atoms with E-state index in [9.17, 15) is 24.8 Å². The molecule has 31 heavy (non-hydrogen) atoms. The van der Waals surface area contributed by atoms with Gasteiger partial charge >= 0.3 is 5.69 Å². The van der Waals surface area contributed by atoms with E-state index in [0.29, 0.717) is 12.1 Å². The van der Waals surface area contributed by atoms with E-state index < -0.39 is 22.1 Å². The molecule has 3 aromatic rings.